The van der Waals surface area contributed by atoms with E-state index in [1.807, 2.05) is 28.8 Å². The standard InChI is InChI=1S/C21H22N4O4/c1-14(26)23-16-6-4-15(5-7-16)11-25-12-18(22-13-25)21(27)24-17-8-9-19(28-2)20(10-17)29-3/h4-10,12-13H,11H2,1-3H3,(H,23,26)(H,24,27). The van der Waals surface area contributed by atoms with Crippen LogP contribution in [0.5, 0.6) is 11.5 Å². The van der Waals surface area contributed by atoms with Crippen LogP contribution in [0.25, 0.3) is 0 Å². The fraction of sp³-hybridized carbons (Fsp3) is 0.190. The van der Waals surface area contributed by atoms with Gasteiger partial charge in [0.25, 0.3) is 5.91 Å². The highest BCUT2D eigenvalue weighted by molar-refractivity contribution is 6.02. The minimum Gasteiger partial charge on any atom is -0.493 e. The van der Waals surface area contributed by atoms with Gasteiger partial charge in [-0.05, 0) is 29.8 Å². The van der Waals surface area contributed by atoms with Gasteiger partial charge in [0.05, 0.1) is 20.5 Å². The number of aromatic nitrogens is 2. The van der Waals surface area contributed by atoms with Crippen LogP contribution in [0, 0.1) is 0 Å². The second-order valence-corrected chi connectivity index (χ2v) is 6.33. The molecule has 8 nitrogen and oxygen atoms in total. The first-order valence-electron chi connectivity index (χ1n) is 8.90. The molecular weight excluding hydrogens is 372 g/mol. The highest BCUT2D eigenvalue weighted by atomic mass is 16.5. The van der Waals surface area contributed by atoms with E-state index in [9.17, 15) is 9.59 Å². The Bertz CT molecular complexity index is 1010. The van der Waals surface area contributed by atoms with Crippen molar-refractivity contribution in [3.8, 4) is 11.5 Å². The number of carbonyl (C=O) groups is 2. The Hall–Kier alpha value is -3.81. The fourth-order valence-electron chi connectivity index (χ4n) is 2.78. The van der Waals surface area contributed by atoms with E-state index in [1.165, 1.54) is 14.0 Å². The number of nitrogens with zero attached hydrogens (tertiary/aromatic N) is 2. The number of imidazole rings is 1. The van der Waals surface area contributed by atoms with Crippen molar-refractivity contribution < 1.29 is 19.1 Å². The molecule has 0 radical (unpaired) electrons. The van der Waals surface area contributed by atoms with Gasteiger partial charge < -0.3 is 24.7 Å². The van der Waals surface area contributed by atoms with E-state index in [0.717, 1.165) is 11.3 Å². The number of anilines is 2. The summed E-state index contributed by atoms with van der Waals surface area (Å²) in [5, 5.41) is 5.52. The number of methoxy groups -OCH3 is 2. The van der Waals surface area contributed by atoms with Gasteiger partial charge in [-0.3, -0.25) is 9.59 Å². The first-order chi connectivity index (χ1) is 14.0. The predicted molar refractivity (Wildman–Crippen MR) is 110 cm³/mol. The molecule has 0 saturated carbocycles. The van der Waals surface area contributed by atoms with Gasteiger partial charge in [-0.2, -0.15) is 0 Å². The van der Waals surface area contributed by atoms with Crippen molar-refractivity contribution in [1.29, 1.82) is 0 Å². The molecule has 1 aromatic heterocycles. The first kappa shape index (κ1) is 19.9. The van der Waals surface area contributed by atoms with E-state index in [4.69, 9.17) is 9.47 Å². The number of ether oxygens (including phenoxy) is 2. The van der Waals surface area contributed by atoms with Crippen molar-refractivity contribution in [3.05, 3.63) is 66.2 Å². The molecule has 0 aliphatic heterocycles. The molecule has 0 fully saturated rings. The molecule has 0 aliphatic carbocycles. The van der Waals surface area contributed by atoms with E-state index >= 15 is 0 Å². The molecule has 29 heavy (non-hydrogen) atoms. The maximum atomic E-state index is 12.5. The van der Waals surface area contributed by atoms with Crippen molar-refractivity contribution >= 4 is 23.2 Å². The van der Waals surface area contributed by atoms with Crippen LogP contribution in [-0.2, 0) is 11.3 Å². The number of rotatable bonds is 7. The summed E-state index contributed by atoms with van der Waals surface area (Å²) in [6.07, 6.45) is 3.28. The van der Waals surface area contributed by atoms with E-state index < -0.39 is 0 Å². The zero-order chi connectivity index (χ0) is 20.8. The number of nitrogens with one attached hydrogen (secondary N) is 2. The third kappa shape index (κ3) is 5.13. The average molecular weight is 394 g/mol. The van der Waals surface area contributed by atoms with Crippen molar-refractivity contribution in [1.82, 2.24) is 9.55 Å². The molecule has 150 valence electrons. The first-order valence-corrected chi connectivity index (χ1v) is 8.90. The Kier molecular flexibility index (Phi) is 6.13. The Morgan fingerprint density at radius 1 is 0.966 bits per heavy atom. The average Bonchev–Trinajstić information content (AvgIpc) is 3.17. The molecule has 1 heterocycles. The second-order valence-electron chi connectivity index (χ2n) is 6.33. The number of benzene rings is 2. The molecule has 0 saturated heterocycles. The van der Waals surface area contributed by atoms with Crippen LogP contribution in [0.2, 0.25) is 0 Å². The lowest BCUT2D eigenvalue weighted by atomic mass is 10.2. The number of carbonyl (C=O) groups excluding carboxylic acids is 2. The van der Waals surface area contributed by atoms with Gasteiger partial charge in [0.2, 0.25) is 5.91 Å². The molecular formula is C21H22N4O4. The van der Waals surface area contributed by atoms with E-state index in [1.54, 1.807) is 37.8 Å². The van der Waals surface area contributed by atoms with Crippen LogP contribution in [0.15, 0.2) is 55.0 Å². The van der Waals surface area contributed by atoms with Crippen LogP contribution in [0.4, 0.5) is 11.4 Å². The normalized spacial score (nSPS) is 10.3. The number of hydrogen-bond donors (Lipinski definition) is 2. The Labute approximate surface area is 168 Å². The zero-order valence-corrected chi connectivity index (χ0v) is 16.4. The highest BCUT2D eigenvalue weighted by Gasteiger charge is 2.12. The molecule has 0 aliphatic rings. The molecule has 0 unspecified atom stereocenters. The summed E-state index contributed by atoms with van der Waals surface area (Å²) in [7, 11) is 3.09. The summed E-state index contributed by atoms with van der Waals surface area (Å²) in [6, 6.07) is 12.6. The van der Waals surface area contributed by atoms with Gasteiger partial charge in [0.1, 0.15) is 5.69 Å². The van der Waals surface area contributed by atoms with Gasteiger partial charge in [0, 0.05) is 37.1 Å². The Morgan fingerprint density at radius 2 is 1.66 bits per heavy atom. The van der Waals surface area contributed by atoms with Crippen LogP contribution in [0.1, 0.15) is 23.0 Å². The molecule has 0 bridgehead atoms. The van der Waals surface area contributed by atoms with E-state index in [-0.39, 0.29) is 11.8 Å². The van der Waals surface area contributed by atoms with Gasteiger partial charge in [-0.25, -0.2) is 4.98 Å². The molecule has 2 N–H and O–H groups in total. The van der Waals surface area contributed by atoms with Gasteiger partial charge in [-0.1, -0.05) is 12.1 Å². The molecule has 8 heteroatoms. The quantitative estimate of drug-likeness (QED) is 0.642. The third-order valence-electron chi connectivity index (χ3n) is 4.15. The SMILES string of the molecule is COc1ccc(NC(=O)c2cn(Cc3ccc(NC(C)=O)cc3)cn2)cc1OC. The summed E-state index contributed by atoms with van der Waals surface area (Å²) in [5.41, 5.74) is 2.63. The highest BCUT2D eigenvalue weighted by Crippen LogP contribution is 2.29. The minimum atomic E-state index is -0.322. The second kappa shape index (κ2) is 8.92. The molecule has 2 aromatic carbocycles. The number of amides is 2. The Morgan fingerprint density at radius 3 is 2.31 bits per heavy atom. The predicted octanol–water partition coefficient (Wildman–Crippen LogP) is 3.16. The third-order valence-corrected chi connectivity index (χ3v) is 4.15. The summed E-state index contributed by atoms with van der Waals surface area (Å²) in [5.74, 6) is 0.673. The molecule has 0 spiro atoms. The summed E-state index contributed by atoms with van der Waals surface area (Å²) >= 11 is 0. The van der Waals surface area contributed by atoms with Gasteiger partial charge in [-0.15, -0.1) is 0 Å². The van der Waals surface area contributed by atoms with Crippen LogP contribution in [-0.4, -0.2) is 35.6 Å². The number of hydrogen-bond acceptors (Lipinski definition) is 5. The molecule has 3 aromatic rings. The molecule has 0 atom stereocenters. The maximum absolute atomic E-state index is 12.5. The lowest BCUT2D eigenvalue weighted by molar-refractivity contribution is -0.114. The van der Waals surface area contributed by atoms with Crippen molar-refractivity contribution in [2.45, 2.75) is 13.5 Å². The van der Waals surface area contributed by atoms with Crippen LogP contribution in [0.3, 0.4) is 0 Å². The lowest BCUT2D eigenvalue weighted by Gasteiger charge is -2.10. The Balaban J connectivity index is 1.65. The topological polar surface area (TPSA) is 94.5 Å². The largest absolute Gasteiger partial charge is 0.493 e. The van der Waals surface area contributed by atoms with Crippen LogP contribution >= 0.6 is 0 Å². The zero-order valence-electron chi connectivity index (χ0n) is 16.4. The smallest absolute Gasteiger partial charge is 0.275 e. The van der Waals surface area contributed by atoms with Crippen molar-refractivity contribution in [2.24, 2.45) is 0 Å². The van der Waals surface area contributed by atoms with Crippen molar-refractivity contribution in [2.75, 3.05) is 24.9 Å². The van der Waals surface area contributed by atoms with Gasteiger partial charge >= 0.3 is 0 Å². The maximum Gasteiger partial charge on any atom is 0.275 e. The van der Waals surface area contributed by atoms with Gasteiger partial charge in [0.15, 0.2) is 11.5 Å². The summed E-state index contributed by atoms with van der Waals surface area (Å²) < 4.78 is 12.3. The monoisotopic (exact) mass is 394 g/mol. The fourth-order valence-corrected chi connectivity index (χ4v) is 2.78. The molecule has 2 amide bonds. The summed E-state index contributed by atoms with van der Waals surface area (Å²) in [6.45, 7) is 2.02. The van der Waals surface area contributed by atoms with Crippen LogP contribution < -0.4 is 20.1 Å². The summed E-state index contributed by atoms with van der Waals surface area (Å²) in [4.78, 5) is 27.7. The minimum absolute atomic E-state index is 0.113. The molecule has 3 rings (SSSR count). The van der Waals surface area contributed by atoms with Crippen molar-refractivity contribution in [3.63, 3.8) is 0 Å². The lowest BCUT2D eigenvalue weighted by Crippen LogP contribution is -2.12. The van der Waals surface area contributed by atoms with E-state index in [0.29, 0.717) is 29.4 Å². The van der Waals surface area contributed by atoms with E-state index in [2.05, 4.69) is 15.6 Å².